The number of benzene rings is 1. The quantitative estimate of drug-likeness (QED) is 0.832. The lowest BCUT2D eigenvalue weighted by molar-refractivity contribution is -0.143. The van der Waals surface area contributed by atoms with E-state index in [0.717, 1.165) is 0 Å². The Kier molecular flexibility index (Phi) is 4.74. The lowest BCUT2D eigenvalue weighted by Crippen LogP contribution is -2.55. The second-order valence-corrected chi connectivity index (χ2v) is 4.81. The van der Waals surface area contributed by atoms with Crippen molar-refractivity contribution in [1.82, 2.24) is 10.2 Å². The number of carbonyl (C=O) groups excluding carboxylic acids is 1. The third kappa shape index (κ3) is 3.49. The molecule has 21 heavy (non-hydrogen) atoms. The molecule has 6 nitrogen and oxygen atoms in total. The molecule has 1 atom stereocenters. The van der Waals surface area contributed by atoms with Gasteiger partial charge in [0.1, 0.15) is 6.04 Å². The van der Waals surface area contributed by atoms with Crippen molar-refractivity contribution in [3.8, 4) is 5.75 Å². The minimum atomic E-state index is -1.06. The van der Waals surface area contributed by atoms with Gasteiger partial charge in [0.25, 0.3) is 0 Å². The predicted octanol–water partition coefficient (Wildman–Crippen LogP) is 0.609. The first-order valence-corrected chi connectivity index (χ1v) is 6.58. The summed E-state index contributed by atoms with van der Waals surface area (Å²) in [6.45, 7) is 1.05. The van der Waals surface area contributed by atoms with E-state index in [4.69, 9.17) is 9.84 Å². The third-order valence-electron chi connectivity index (χ3n) is 3.45. The molecular formula is C14H17FN2O4. The fourth-order valence-corrected chi connectivity index (χ4v) is 2.39. The third-order valence-corrected chi connectivity index (χ3v) is 3.45. The predicted molar refractivity (Wildman–Crippen MR) is 72.4 cm³/mol. The number of nitrogens with one attached hydrogen (secondary N) is 1. The van der Waals surface area contributed by atoms with Gasteiger partial charge >= 0.3 is 5.97 Å². The van der Waals surface area contributed by atoms with Crippen molar-refractivity contribution >= 4 is 11.9 Å². The van der Waals surface area contributed by atoms with Gasteiger partial charge in [-0.3, -0.25) is 14.5 Å². The Balaban J connectivity index is 2.19. The Morgan fingerprint density at radius 1 is 1.57 bits per heavy atom. The van der Waals surface area contributed by atoms with Crippen molar-refractivity contribution in [3.05, 3.63) is 29.6 Å². The number of carbonyl (C=O) groups is 2. The minimum Gasteiger partial charge on any atom is -0.494 e. The maximum Gasteiger partial charge on any atom is 0.305 e. The van der Waals surface area contributed by atoms with Crippen LogP contribution < -0.4 is 10.1 Å². The molecule has 0 spiro atoms. The number of rotatable bonds is 5. The minimum absolute atomic E-state index is 0.128. The van der Waals surface area contributed by atoms with E-state index in [2.05, 4.69) is 5.32 Å². The molecule has 114 valence electrons. The highest BCUT2D eigenvalue weighted by atomic mass is 19.1. The van der Waals surface area contributed by atoms with Crippen LogP contribution in [0.2, 0.25) is 0 Å². The van der Waals surface area contributed by atoms with Crippen molar-refractivity contribution in [2.75, 3.05) is 20.2 Å². The summed E-state index contributed by atoms with van der Waals surface area (Å²) in [5.41, 5.74) is 0.374. The van der Waals surface area contributed by atoms with Gasteiger partial charge in [-0.25, -0.2) is 4.39 Å². The van der Waals surface area contributed by atoms with Crippen molar-refractivity contribution in [1.29, 1.82) is 0 Å². The molecule has 7 heteroatoms. The number of hydrogen-bond acceptors (Lipinski definition) is 4. The van der Waals surface area contributed by atoms with E-state index in [-0.39, 0.29) is 24.6 Å². The highest BCUT2D eigenvalue weighted by Crippen LogP contribution is 2.22. The van der Waals surface area contributed by atoms with E-state index in [0.29, 0.717) is 18.7 Å². The molecular weight excluding hydrogens is 279 g/mol. The molecule has 2 rings (SSSR count). The Morgan fingerprint density at radius 2 is 2.33 bits per heavy atom. The molecule has 0 aliphatic carbocycles. The van der Waals surface area contributed by atoms with Gasteiger partial charge < -0.3 is 15.2 Å². The molecule has 0 bridgehead atoms. The topological polar surface area (TPSA) is 78.9 Å². The van der Waals surface area contributed by atoms with E-state index < -0.39 is 17.8 Å². The van der Waals surface area contributed by atoms with Crippen molar-refractivity contribution in [2.45, 2.75) is 19.0 Å². The number of aliphatic carboxylic acids is 1. The van der Waals surface area contributed by atoms with Crippen molar-refractivity contribution in [2.24, 2.45) is 0 Å². The Hall–Kier alpha value is -2.15. The van der Waals surface area contributed by atoms with Crippen molar-refractivity contribution < 1.29 is 23.8 Å². The van der Waals surface area contributed by atoms with Crippen LogP contribution in [0.5, 0.6) is 5.75 Å². The summed E-state index contributed by atoms with van der Waals surface area (Å²) in [4.78, 5) is 24.4. The zero-order valence-electron chi connectivity index (χ0n) is 11.6. The van der Waals surface area contributed by atoms with Gasteiger partial charge in [-0.1, -0.05) is 12.1 Å². The van der Waals surface area contributed by atoms with Crippen molar-refractivity contribution in [3.63, 3.8) is 0 Å². The second-order valence-electron chi connectivity index (χ2n) is 4.81. The molecule has 1 aliphatic heterocycles. The summed E-state index contributed by atoms with van der Waals surface area (Å²) in [7, 11) is 1.38. The Bertz CT molecular complexity index is 550. The standard InChI is InChI=1S/C14H17FN2O4/c1-21-11-4-2-3-9(13(11)15)8-17-6-5-16-14(20)10(17)7-12(18)19/h2-4,10H,5-8H2,1H3,(H,16,20)(H,18,19). The number of amides is 1. The zero-order chi connectivity index (χ0) is 15.4. The first-order chi connectivity index (χ1) is 10.0. The smallest absolute Gasteiger partial charge is 0.305 e. The number of carboxylic acids is 1. The van der Waals surface area contributed by atoms with Crippen LogP contribution in [0.15, 0.2) is 18.2 Å². The van der Waals surface area contributed by atoms with Gasteiger partial charge in [-0.15, -0.1) is 0 Å². The van der Waals surface area contributed by atoms with Gasteiger partial charge in [-0.05, 0) is 6.07 Å². The first kappa shape index (κ1) is 15.2. The highest BCUT2D eigenvalue weighted by molar-refractivity contribution is 5.86. The van der Waals surface area contributed by atoms with Crippen LogP contribution >= 0.6 is 0 Å². The number of halogens is 1. The highest BCUT2D eigenvalue weighted by Gasteiger charge is 2.32. The van der Waals surface area contributed by atoms with Gasteiger partial charge in [-0.2, -0.15) is 0 Å². The SMILES string of the molecule is COc1cccc(CN2CCNC(=O)C2CC(=O)O)c1F. The molecule has 1 saturated heterocycles. The molecule has 1 aromatic rings. The van der Waals surface area contributed by atoms with E-state index in [1.54, 1.807) is 17.0 Å². The van der Waals surface area contributed by atoms with Crippen LogP contribution in [0, 0.1) is 5.82 Å². The summed E-state index contributed by atoms with van der Waals surface area (Å²) in [5, 5.41) is 11.5. The fraction of sp³-hybridized carbons (Fsp3) is 0.429. The Labute approximate surface area is 121 Å². The number of methoxy groups -OCH3 is 1. The lowest BCUT2D eigenvalue weighted by Gasteiger charge is -2.34. The summed E-state index contributed by atoms with van der Waals surface area (Å²) in [5.74, 6) is -1.76. The summed E-state index contributed by atoms with van der Waals surface area (Å²) in [6.07, 6.45) is -0.308. The second kappa shape index (κ2) is 6.53. The van der Waals surface area contributed by atoms with Crippen LogP contribution in [0.3, 0.4) is 0 Å². The number of nitrogens with zero attached hydrogens (tertiary/aromatic N) is 1. The number of hydrogen-bond donors (Lipinski definition) is 2. The summed E-state index contributed by atoms with van der Waals surface area (Å²) >= 11 is 0. The van der Waals surface area contributed by atoms with E-state index in [9.17, 15) is 14.0 Å². The monoisotopic (exact) mass is 296 g/mol. The maximum atomic E-state index is 14.1. The van der Waals surface area contributed by atoms with E-state index >= 15 is 0 Å². The Morgan fingerprint density at radius 3 is 3.00 bits per heavy atom. The average molecular weight is 296 g/mol. The number of piperazine rings is 1. The summed E-state index contributed by atoms with van der Waals surface area (Å²) < 4.78 is 19.1. The normalized spacial score (nSPS) is 19.1. The van der Waals surface area contributed by atoms with Crippen LogP contribution in [-0.2, 0) is 16.1 Å². The molecule has 1 aliphatic rings. The molecule has 2 N–H and O–H groups in total. The molecule has 1 fully saturated rings. The van der Waals surface area contributed by atoms with E-state index in [1.165, 1.54) is 13.2 Å². The van der Waals surface area contributed by atoms with E-state index in [1.807, 2.05) is 0 Å². The molecule has 1 amide bonds. The molecule has 0 saturated carbocycles. The van der Waals surface area contributed by atoms with Crippen LogP contribution in [0.1, 0.15) is 12.0 Å². The van der Waals surface area contributed by atoms with Crippen LogP contribution in [0.4, 0.5) is 4.39 Å². The number of carboxylic acid groups (broad SMARTS) is 1. The molecule has 0 radical (unpaired) electrons. The molecule has 1 heterocycles. The van der Waals surface area contributed by atoms with Gasteiger partial charge in [0.05, 0.1) is 13.5 Å². The van der Waals surface area contributed by atoms with Gasteiger partial charge in [0, 0.05) is 25.2 Å². The van der Waals surface area contributed by atoms with Crippen LogP contribution in [0.25, 0.3) is 0 Å². The van der Waals surface area contributed by atoms with Gasteiger partial charge in [0.15, 0.2) is 11.6 Å². The average Bonchev–Trinajstić information content (AvgIpc) is 2.44. The molecule has 1 unspecified atom stereocenters. The van der Waals surface area contributed by atoms with Gasteiger partial charge in [0.2, 0.25) is 5.91 Å². The maximum absolute atomic E-state index is 14.1. The molecule has 0 aromatic heterocycles. The first-order valence-electron chi connectivity index (χ1n) is 6.58. The lowest BCUT2D eigenvalue weighted by atomic mass is 10.1. The zero-order valence-corrected chi connectivity index (χ0v) is 11.6. The number of ether oxygens (including phenoxy) is 1. The van der Waals surface area contributed by atoms with Crippen LogP contribution in [-0.4, -0.2) is 48.1 Å². The summed E-state index contributed by atoms with van der Waals surface area (Å²) in [6, 6.07) is 3.98. The molecule has 1 aromatic carbocycles. The fourth-order valence-electron chi connectivity index (χ4n) is 2.39. The largest absolute Gasteiger partial charge is 0.494 e.